The van der Waals surface area contributed by atoms with Gasteiger partial charge in [-0.25, -0.2) is 22.9 Å². The van der Waals surface area contributed by atoms with Gasteiger partial charge in [0.05, 0.1) is 5.52 Å². The van der Waals surface area contributed by atoms with E-state index in [9.17, 15) is 12.8 Å². The van der Waals surface area contributed by atoms with Crippen LogP contribution in [0.5, 0.6) is 0 Å². The van der Waals surface area contributed by atoms with Gasteiger partial charge in [0.2, 0.25) is 0 Å². The molecule has 0 fully saturated rings. The number of aryl methyl sites for hydroxylation is 1. The third-order valence-electron chi connectivity index (χ3n) is 3.22. The largest absolute Gasteiger partial charge is 0.256 e. The van der Waals surface area contributed by atoms with E-state index in [2.05, 4.69) is 9.97 Å². The molecule has 0 atom stereocenters. The maximum absolute atomic E-state index is 13.9. The van der Waals surface area contributed by atoms with Gasteiger partial charge in [0.1, 0.15) is 5.82 Å². The summed E-state index contributed by atoms with van der Waals surface area (Å²) in [5.41, 5.74) is 1.80. The first-order chi connectivity index (χ1) is 10.4. The van der Waals surface area contributed by atoms with Crippen molar-refractivity contribution in [1.82, 2.24) is 9.97 Å². The number of hydrogen-bond acceptors (Lipinski definition) is 4. The predicted octanol–water partition coefficient (Wildman–Crippen LogP) is 2.39. The lowest BCUT2D eigenvalue weighted by Gasteiger charge is -2.11. The topological polar surface area (TPSA) is 85.9 Å². The third-order valence-corrected chi connectivity index (χ3v) is 4.08. The molecular formula is C15H12FN3O2S. The van der Waals surface area contributed by atoms with E-state index in [4.69, 9.17) is 5.14 Å². The van der Waals surface area contributed by atoms with Crippen molar-refractivity contribution < 1.29 is 12.8 Å². The van der Waals surface area contributed by atoms with Gasteiger partial charge in [-0.1, -0.05) is 6.07 Å². The lowest BCUT2D eigenvalue weighted by molar-refractivity contribution is 0.594. The Morgan fingerprint density at radius 3 is 2.64 bits per heavy atom. The quantitative estimate of drug-likeness (QED) is 0.786. The van der Waals surface area contributed by atoms with E-state index in [0.717, 1.165) is 5.56 Å². The second-order valence-corrected chi connectivity index (χ2v) is 6.42. The molecule has 0 aliphatic rings. The SMILES string of the molecule is Cc1cnc(S(N)(=O)=O)c(-c2cc(F)cc3cccnc23)c1. The number of rotatable bonds is 2. The third kappa shape index (κ3) is 2.56. The Morgan fingerprint density at radius 2 is 1.91 bits per heavy atom. The molecule has 0 aliphatic heterocycles. The zero-order chi connectivity index (χ0) is 15.9. The summed E-state index contributed by atoms with van der Waals surface area (Å²) in [6, 6.07) is 7.57. The van der Waals surface area contributed by atoms with E-state index in [0.29, 0.717) is 16.5 Å². The van der Waals surface area contributed by atoms with Crippen LogP contribution in [0.15, 0.2) is 47.8 Å². The van der Waals surface area contributed by atoms with Crippen LogP contribution in [0.3, 0.4) is 0 Å². The molecule has 5 nitrogen and oxygen atoms in total. The molecule has 22 heavy (non-hydrogen) atoms. The van der Waals surface area contributed by atoms with Crippen LogP contribution >= 0.6 is 0 Å². The highest BCUT2D eigenvalue weighted by molar-refractivity contribution is 7.89. The molecule has 7 heteroatoms. The number of hydrogen-bond donors (Lipinski definition) is 1. The minimum absolute atomic E-state index is 0.241. The highest BCUT2D eigenvalue weighted by Gasteiger charge is 2.20. The van der Waals surface area contributed by atoms with Gasteiger partial charge in [0.25, 0.3) is 10.0 Å². The first kappa shape index (κ1) is 14.6. The zero-order valence-corrected chi connectivity index (χ0v) is 12.4. The monoisotopic (exact) mass is 317 g/mol. The summed E-state index contributed by atoms with van der Waals surface area (Å²) < 4.78 is 37.4. The predicted molar refractivity (Wildman–Crippen MR) is 81.0 cm³/mol. The van der Waals surface area contributed by atoms with Crippen LogP contribution in [-0.2, 0) is 10.0 Å². The molecule has 3 aromatic rings. The van der Waals surface area contributed by atoms with Gasteiger partial charge >= 0.3 is 0 Å². The second kappa shape index (κ2) is 5.11. The average molecular weight is 317 g/mol. The minimum atomic E-state index is -4.04. The molecule has 0 aliphatic carbocycles. The number of halogens is 1. The summed E-state index contributed by atoms with van der Waals surface area (Å²) in [6.45, 7) is 1.76. The van der Waals surface area contributed by atoms with E-state index < -0.39 is 15.8 Å². The van der Waals surface area contributed by atoms with Crippen molar-refractivity contribution in [2.75, 3.05) is 0 Å². The van der Waals surface area contributed by atoms with Crippen molar-refractivity contribution in [1.29, 1.82) is 0 Å². The van der Waals surface area contributed by atoms with Gasteiger partial charge in [0, 0.05) is 28.9 Å². The minimum Gasteiger partial charge on any atom is -0.256 e. The summed E-state index contributed by atoms with van der Waals surface area (Å²) in [5.74, 6) is -0.489. The molecule has 1 aromatic carbocycles. The van der Waals surface area contributed by atoms with Crippen molar-refractivity contribution in [2.24, 2.45) is 5.14 Å². The summed E-state index contributed by atoms with van der Waals surface area (Å²) in [5, 5.41) is 5.50. The summed E-state index contributed by atoms with van der Waals surface area (Å²) in [4.78, 5) is 8.12. The van der Waals surface area contributed by atoms with Crippen molar-refractivity contribution in [3.05, 3.63) is 54.1 Å². The summed E-state index contributed by atoms with van der Waals surface area (Å²) in [6.07, 6.45) is 2.96. The molecule has 0 saturated heterocycles. The van der Waals surface area contributed by atoms with Crippen LogP contribution in [0, 0.1) is 12.7 Å². The van der Waals surface area contributed by atoms with E-state index >= 15 is 0 Å². The van der Waals surface area contributed by atoms with Crippen LogP contribution in [0.4, 0.5) is 4.39 Å². The first-order valence-electron chi connectivity index (χ1n) is 6.40. The fraction of sp³-hybridized carbons (Fsp3) is 0.0667. The summed E-state index contributed by atoms with van der Waals surface area (Å²) in [7, 11) is -4.04. The molecule has 2 aromatic heterocycles. The van der Waals surface area contributed by atoms with Gasteiger partial charge in [-0.15, -0.1) is 0 Å². The molecule has 2 heterocycles. The highest BCUT2D eigenvalue weighted by Crippen LogP contribution is 2.32. The number of nitrogens with two attached hydrogens (primary N) is 1. The number of primary sulfonamides is 1. The maximum atomic E-state index is 13.9. The van der Waals surface area contributed by atoms with Crippen LogP contribution in [0.25, 0.3) is 22.0 Å². The highest BCUT2D eigenvalue weighted by atomic mass is 32.2. The van der Waals surface area contributed by atoms with Crippen molar-refractivity contribution in [3.8, 4) is 11.1 Å². The summed E-state index contributed by atoms with van der Waals surface area (Å²) >= 11 is 0. The molecule has 112 valence electrons. The maximum Gasteiger partial charge on any atom is 0.256 e. The Labute approximate surface area is 126 Å². The van der Waals surface area contributed by atoms with Crippen LogP contribution in [0.1, 0.15) is 5.56 Å². The van der Waals surface area contributed by atoms with Crippen LogP contribution in [0.2, 0.25) is 0 Å². The zero-order valence-electron chi connectivity index (χ0n) is 11.6. The Bertz CT molecular complexity index is 987. The number of aromatic nitrogens is 2. The van der Waals surface area contributed by atoms with E-state index in [1.165, 1.54) is 18.3 Å². The lowest BCUT2D eigenvalue weighted by Crippen LogP contribution is -2.15. The van der Waals surface area contributed by atoms with Gasteiger partial charge in [-0.05, 0) is 36.8 Å². The van der Waals surface area contributed by atoms with Crippen LogP contribution in [-0.4, -0.2) is 18.4 Å². The van der Waals surface area contributed by atoms with E-state index in [1.807, 2.05) is 0 Å². The Hall–Kier alpha value is -2.38. The molecule has 0 amide bonds. The van der Waals surface area contributed by atoms with Crippen molar-refractivity contribution in [3.63, 3.8) is 0 Å². The fourth-order valence-electron chi connectivity index (χ4n) is 2.34. The molecule has 0 unspecified atom stereocenters. The Kier molecular flexibility index (Phi) is 3.38. The van der Waals surface area contributed by atoms with Gasteiger partial charge in [-0.2, -0.15) is 0 Å². The van der Waals surface area contributed by atoms with Crippen molar-refractivity contribution >= 4 is 20.9 Å². The number of fused-ring (bicyclic) bond motifs is 1. The van der Waals surface area contributed by atoms with Crippen LogP contribution < -0.4 is 5.14 Å². The number of nitrogens with zero attached hydrogens (tertiary/aromatic N) is 2. The standard InChI is InChI=1S/C15H12FN3O2S/c1-9-5-13(15(19-8-9)22(17,20)21)12-7-11(16)6-10-3-2-4-18-14(10)12/h2-8H,1H3,(H2,17,20,21). The Morgan fingerprint density at radius 1 is 1.14 bits per heavy atom. The molecule has 0 saturated carbocycles. The average Bonchev–Trinajstić information content (AvgIpc) is 2.45. The Balaban J connectivity index is 2.45. The normalized spacial score (nSPS) is 11.8. The number of benzene rings is 1. The molecule has 3 rings (SSSR count). The first-order valence-corrected chi connectivity index (χ1v) is 7.95. The second-order valence-electron chi connectivity index (χ2n) is 4.94. The fourth-order valence-corrected chi connectivity index (χ4v) is 3.01. The number of sulfonamides is 1. The molecular weight excluding hydrogens is 305 g/mol. The van der Waals surface area contributed by atoms with E-state index in [-0.39, 0.29) is 10.6 Å². The van der Waals surface area contributed by atoms with E-state index in [1.54, 1.807) is 31.3 Å². The smallest absolute Gasteiger partial charge is 0.256 e. The molecule has 0 spiro atoms. The molecule has 0 bridgehead atoms. The van der Waals surface area contributed by atoms with Gasteiger partial charge in [-0.3, -0.25) is 4.98 Å². The van der Waals surface area contributed by atoms with Crippen molar-refractivity contribution in [2.45, 2.75) is 11.9 Å². The lowest BCUT2D eigenvalue weighted by atomic mass is 10.0. The van der Waals surface area contributed by atoms with Gasteiger partial charge in [0.15, 0.2) is 5.03 Å². The molecule has 0 radical (unpaired) electrons. The van der Waals surface area contributed by atoms with Gasteiger partial charge < -0.3 is 0 Å². The molecule has 2 N–H and O–H groups in total. The number of pyridine rings is 2.